The zero-order valence-corrected chi connectivity index (χ0v) is 17.1. The molecule has 6 nitrogen and oxygen atoms in total. The third kappa shape index (κ3) is 4.05. The summed E-state index contributed by atoms with van der Waals surface area (Å²) in [5.74, 6) is 1.80. The second-order valence-electron chi connectivity index (χ2n) is 6.54. The van der Waals surface area contributed by atoms with E-state index in [9.17, 15) is 4.79 Å². The molecule has 29 heavy (non-hydrogen) atoms. The quantitative estimate of drug-likeness (QED) is 0.579. The summed E-state index contributed by atoms with van der Waals surface area (Å²) in [4.78, 5) is 14.5. The van der Waals surface area contributed by atoms with Crippen molar-refractivity contribution in [2.75, 3.05) is 31.4 Å². The number of ether oxygens (including phenoxy) is 2. The first-order chi connectivity index (χ1) is 14.2. The van der Waals surface area contributed by atoms with Gasteiger partial charge in [0.25, 0.3) is 0 Å². The van der Waals surface area contributed by atoms with Crippen LogP contribution < -0.4 is 14.4 Å². The van der Waals surface area contributed by atoms with E-state index in [-0.39, 0.29) is 5.91 Å². The summed E-state index contributed by atoms with van der Waals surface area (Å²) in [5, 5.41) is 9.29. The topological polar surface area (TPSA) is 64.5 Å². The monoisotopic (exact) mass is 407 g/mol. The molecule has 0 saturated heterocycles. The Hall–Kier alpha value is -3.06. The Morgan fingerprint density at radius 3 is 2.69 bits per heavy atom. The van der Waals surface area contributed by atoms with Gasteiger partial charge in [0.15, 0.2) is 0 Å². The largest absolute Gasteiger partial charge is 0.497 e. The minimum Gasteiger partial charge on any atom is -0.497 e. The summed E-state index contributed by atoms with van der Waals surface area (Å²) in [6.45, 7) is 0.737. The standard InChI is InChI=1S/C22H21N3O3S/c1-27-16-7-8-17(20(13-16)28-2)18-9-10-21(24-23-18)29-14-22(26)25-12-11-15-5-3-4-6-19(15)25/h3-10,13H,11-12,14H2,1-2H3. The van der Waals surface area contributed by atoms with Crippen molar-refractivity contribution in [3.8, 4) is 22.8 Å². The van der Waals surface area contributed by atoms with Crippen molar-refractivity contribution in [2.45, 2.75) is 11.4 Å². The molecule has 2 heterocycles. The SMILES string of the molecule is COc1ccc(-c2ccc(SCC(=O)N3CCc4ccccc43)nn2)c(OC)c1. The van der Waals surface area contributed by atoms with Gasteiger partial charge in [-0.05, 0) is 42.3 Å². The highest BCUT2D eigenvalue weighted by Gasteiger charge is 2.24. The second kappa shape index (κ2) is 8.53. The van der Waals surface area contributed by atoms with Crippen LogP contribution in [0.3, 0.4) is 0 Å². The summed E-state index contributed by atoms with van der Waals surface area (Å²) < 4.78 is 10.7. The lowest BCUT2D eigenvalue weighted by Crippen LogP contribution is -2.30. The third-order valence-corrected chi connectivity index (χ3v) is 5.76. The van der Waals surface area contributed by atoms with E-state index in [1.165, 1.54) is 17.3 Å². The summed E-state index contributed by atoms with van der Waals surface area (Å²) in [7, 11) is 3.22. The number of anilines is 1. The fourth-order valence-corrected chi connectivity index (χ4v) is 4.05. The molecule has 0 unspecified atom stereocenters. The maximum Gasteiger partial charge on any atom is 0.237 e. The molecule has 0 N–H and O–H groups in total. The molecule has 4 rings (SSSR count). The number of aromatic nitrogens is 2. The van der Waals surface area contributed by atoms with E-state index in [2.05, 4.69) is 16.3 Å². The summed E-state index contributed by atoms with van der Waals surface area (Å²) in [6, 6.07) is 17.4. The second-order valence-corrected chi connectivity index (χ2v) is 7.53. The summed E-state index contributed by atoms with van der Waals surface area (Å²) in [6.07, 6.45) is 0.908. The molecule has 0 fully saturated rings. The van der Waals surface area contributed by atoms with Gasteiger partial charge in [0.2, 0.25) is 5.91 Å². The van der Waals surface area contributed by atoms with E-state index in [4.69, 9.17) is 9.47 Å². The van der Waals surface area contributed by atoms with Crippen LogP contribution in [0.5, 0.6) is 11.5 Å². The number of benzene rings is 2. The fraction of sp³-hybridized carbons (Fsp3) is 0.227. The molecule has 1 aliphatic rings. The Labute approximate surface area is 173 Å². The molecule has 7 heteroatoms. The van der Waals surface area contributed by atoms with E-state index < -0.39 is 0 Å². The number of thioether (sulfide) groups is 1. The lowest BCUT2D eigenvalue weighted by molar-refractivity contribution is -0.116. The van der Waals surface area contributed by atoms with Crippen LogP contribution in [0.1, 0.15) is 5.56 Å². The molecule has 0 saturated carbocycles. The van der Waals surface area contributed by atoms with Gasteiger partial charge in [0, 0.05) is 23.9 Å². The van der Waals surface area contributed by atoms with Gasteiger partial charge < -0.3 is 14.4 Å². The number of fused-ring (bicyclic) bond motifs is 1. The maximum absolute atomic E-state index is 12.6. The van der Waals surface area contributed by atoms with Crippen LogP contribution in [-0.4, -0.2) is 42.6 Å². The van der Waals surface area contributed by atoms with Crippen LogP contribution in [-0.2, 0) is 11.2 Å². The first-order valence-corrected chi connectivity index (χ1v) is 10.3. The van der Waals surface area contributed by atoms with Crippen LogP contribution in [0.25, 0.3) is 11.3 Å². The first kappa shape index (κ1) is 19.3. The van der Waals surface area contributed by atoms with Gasteiger partial charge in [-0.15, -0.1) is 10.2 Å². The molecule has 0 spiro atoms. The smallest absolute Gasteiger partial charge is 0.237 e. The van der Waals surface area contributed by atoms with Gasteiger partial charge in [-0.1, -0.05) is 30.0 Å². The molecule has 1 aromatic heterocycles. The summed E-state index contributed by atoms with van der Waals surface area (Å²) in [5.41, 5.74) is 3.78. The maximum atomic E-state index is 12.6. The van der Waals surface area contributed by atoms with Crippen LogP contribution in [0.2, 0.25) is 0 Å². The van der Waals surface area contributed by atoms with Gasteiger partial charge in [-0.2, -0.15) is 0 Å². The molecule has 0 atom stereocenters. The van der Waals surface area contributed by atoms with Gasteiger partial charge in [-0.3, -0.25) is 4.79 Å². The molecule has 0 bridgehead atoms. The highest BCUT2D eigenvalue weighted by Crippen LogP contribution is 2.33. The fourth-order valence-electron chi connectivity index (χ4n) is 3.36. The van der Waals surface area contributed by atoms with E-state index in [0.717, 1.165) is 24.2 Å². The number of hydrogen-bond donors (Lipinski definition) is 0. The van der Waals surface area contributed by atoms with E-state index in [1.807, 2.05) is 53.4 Å². The molecule has 1 aliphatic heterocycles. The van der Waals surface area contributed by atoms with Crippen LogP contribution in [0.4, 0.5) is 5.69 Å². The minimum atomic E-state index is 0.0858. The number of hydrogen-bond acceptors (Lipinski definition) is 6. The van der Waals surface area contributed by atoms with Gasteiger partial charge >= 0.3 is 0 Å². The molecule has 3 aromatic rings. The van der Waals surface area contributed by atoms with Crippen LogP contribution >= 0.6 is 11.8 Å². The normalized spacial score (nSPS) is 12.6. The predicted molar refractivity (Wildman–Crippen MR) is 114 cm³/mol. The number of para-hydroxylation sites is 1. The number of carbonyl (C=O) groups excluding carboxylic acids is 1. The number of carbonyl (C=O) groups is 1. The lowest BCUT2D eigenvalue weighted by atomic mass is 10.1. The molecule has 0 aliphatic carbocycles. The van der Waals surface area contributed by atoms with Crippen molar-refractivity contribution in [3.05, 3.63) is 60.2 Å². The molecule has 0 radical (unpaired) electrons. The Bertz CT molecular complexity index is 1020. The average molecular weight is 407 g/mol. The Kier molecular flexibility index (Phi) is 5.67. The zero-order chi connectivity index (χ0) is 20.2. The van der Waals surface area contributed by atoms with Crippen molar-refractivity contribution in [1.82, 2.24) is 10.2 Å². The molecular weight excluding hydrogens is 386 g/mol. The number of rotatable bonds is 6. The number of methoxy groups -OCH3 is 2. The minimum absolute atomic E-state index is 0.0858. The Balaban J connectivity index is 1.42. The Morgan fingerprint density at radius 1 is 1.07 bits per heavy atom. The summed E-state index contributed by atoms with van der Waals surface area (Å²) >= 11 is 1.39. The number of nitrogens with zero attached hydrogens (tertiary/aromatic N) is 3. The highest BCUT2D eigenvalue weighted by molar-refractivity contribution is 7.99. The van der Waals surface area contributed by atoms with Crippen LogP contribution in [0.15, 0.2) is 59.6 Å². The van der Waals surface area contributed by atoms with E-state index in [0.29, 0.717) is 28.0 Å². The predicted octanol–water partition coefficient (Wildman–Crippen LogP) is 3.84. The molecule has 2 aromatic carbocycles. The first-order valence-electron chi connectivity index (χ1n) is 9.27. The highest BCUT2D eigenvalue weighted by atomic mass is 32.2. The molecule has 1 amide bonds. The molecule has 148 valence electrons. The van der Waals surface area contributed by atoms with Crippen LogP contribution in [0, 0.1) is 0 Å². The van der Waals surface area contributed by atoms with E-state index in [1.54, 1.807) is 14.2 Å². The average Bonchev–Trinajstić information content (AvgIpc) is 3.21. The van der Waals surface area contributed by atoms with Crippen molar-refractivity contribution >= 4 is 23.4 Å². The molecular formula is C22H21N3O3S. The van der Waals surface area contributed by atoms with Gasteiger partial charge in [0.05, 0.1) is 25.7 Å². The lowest BCUT2D eigenvalue weighted by Gasteiger charge is -2.16. The Morgan fingerprint density at radius 2 is 1.93 bits per heavy atom. The third-order valence-electron chi connectivity index (χ3n) is 4.86. The van der Waals surface area contributed by atoms with Crippen molar-refractivity contribution in [3.63, 3.8) is 0 Å². The number of amides is 1. The van der Waals surface area contributed by atoms with Gasteiger partial charge in [-0.25, -0.2) is 0 Å². The van der Waals surface area contributed by atoms with Crippen molar-refractivity contribution in [2.24, 2.45) is 0 Å². The van der Waals surface area contributed by atoms with Crippen molar-refractivity contribution < 1.29 is 14.3 Å². The van der Waals surface area contributed by atoms with E-state index >= 15 is 0 Å². The zero-order valence-electron chi connectivity index (χ0n) is 16.3. The van der Waals surface area contributed by atoms with Gasteiger partial charge in [0.1, 0.15) is 16.5 Å². The van der Waals surface area contributed by atoms with Crippen molar-refractivity contribution in [1.29, 1.82) is 0 Å².